The van der Waals surface area contributed by atoms with Crippen molar-refractivity contribution in [3.05, 3.63) is 35.4 Å². The lowest BCUT2D eigenvalue weighted by atomic mass is 9.95. The highest BCUT2D eigenvalue weighted by atomic mass is 35.5. The molecule has 0 aliphatic carbocycles. The molecule has 1 heterocycles. The Kier molecular flexibility index (Phi) is 7.52. The van der Waals surface area contributed by atoms with E-state index in [0.29, 0.717) is 26.1 Å². The Morgan fingerprint density at radius 2 is 1.78 bits per heavy atom. The third-order valence-corrected chi connectivity index (χ3v) is 4.24. The highest BCUT2D eigenvalue weighted by Gasteiger charge is 2.27. The van der Waals surface area contributed by atoms with E-state index in [1.165, 1.54) is 16.0 Å². The molecule has 0 radical (unpaired) electrons. The number of rotatable bonds is 5. The van der Waals surface area contributed by atoms with Crippen molar-refractivity contribution in [2.24, 2.45) is 0 Å². The molecule has 1 aliphatic rings. The number of carbonyl (C=O) groups is 2. The number of nitrogens with one attached hydrogen (secondary N) is 1. The molecule has 1 aliphatic heterocycles. The minimum absolute atomic E-state index is 0. The number of halogens is 1. The number of amides is 2. The summed E-state index contributed by atoms with van der Waals surface area (Å²) in [5.41, 5.74) is 2.46. The largest absolute Gasteiger partial charge is 0.342 e. The molecule has 0 saturated carbocycles. The molecule has 0 bridgehead atoms. The zero-order valence-electron chi connectivity index (χ0n) is 14.0. The summed E-state index contributed by atoms with van der Waals surface area (Å²) in [4.78, 5) is 27.9. The zero-order valence-corrected chi connectivity index (χ0v) is 14.9. The third-order valence-electron chi connectivity index (χ3n) is 4.24. The SMILES string of the molecule is CCN(CC)C(=O)CN(C)C(=O)C1Cc2ccccc2CN1.Cl. The summed E-state index contributed by atoms with van der Waals surface area (Å²) in [6.07, 6.45) is 0.679. The van der Waals surface area contributed by atoms with Crippen LogP contribution in [0.15, 0.2) is 24.3 Å². The van der Waals surface area contributed by atoms with Crippen LogP contribution in [0, 0.1) is 0 Å². The van der Waals surface area contributed by atoms with Crippen molar-refractivity contribution in [2.75, 3.05) is 26.7 Å². The second-order valence-electron chi connectivity index (χ2n) is 5.67. The molecular formula is C17H26ClN3O2. The summed E-state index contributed by atoms with van der Waals surface area (Å²) in [7, 11) is 1.70. The van der Waals surface area contributed by atoms with Gasteiger partial charge in [0.05, 0.1) is 12.6 Å². The van der Waals surface area contributed by atoms with Gasteiger partial charge >= 0.3 is 0 Å². The molecule has 1 aromatic rings. The van der Waals surface area contributed by atoms with Crippen molar-refractivity contribution in [1.82, 2.24) is 15.1 Å². The first-order valence-corrected chi connectivity index (χ1v) is 7.89. The highest BCUT2D eigenvalue weighted by Crippen LogP contribution is 2.17. The fraction of sp³-hybridized carbons (Fsp3) is 0.529. The molecule has 0 aromatic heterocycles. The Hall–Kier alpha value is -1.59. The quantitative estimate of drug-likeness (QED) is 0.883. The van der Waals surface area contributed by atoms with Gasteiger partial charge in [-0.25, -0.2) is 0 Å². The summed E-state index contributed by atoms with van der Waals surface area (Å²) in [5, 5.41) is 3.27. The van der Waals surface area contributed by atoms with Crippen LogP contribution in [0.5, 0.6) is 0 Å². The molecule has 1 aromatic carbocycles. The molecule has 0 saturated heterocycles. The molecule has 0 spiro atoms. The van der Waals surface area contributed by atoms with Crippen LogP contribution in [0.4, 0.5) is 0 Å². The van der Waals surface area contributed by atoms with Crippen LogP contribution in [0.1, 0.15) is 25.0 Å². The normalized spacial score (nSPS) is 16.0. The first-order chi connectivity index (χ1) is 10.6. The number of likely N-dealkylation sites (N-methyl/N-ethyl adjacent to an activating group) is 2. The van der Waals surface area contributed by atoms with Crippen LogP contribution >= 0.6 is 12.4 Å². The van der Waals surface area contributed by atoms with Crippen molar-refractivity contribution in [1.29, 1.82) is 0 Å². The Bertz CT molecular complexity index is 546. The van der Waals surface area contributed by atoms with E-state index in [2.05, 4.69) is 17.4 Å². The predicted molar refractivity (Wildman–Crippen MR) is 93.6 cm³/mol. The first-order valence-electron chi connectivity index (χ1n) is 7.89. The van der Waals surface area contributed by atoms with Crippen molar-refractivity contribution < 1.29 is 9.59 Å². The van der Waals surface area contributed by atoms with Crippen LogP contribution < -0.4 is 5.32 Å². The maximum atomic E-state index is 12.5. The van der Waals surface area contributed by atoms with E-state index in [1.807, 2.05) is 26.0 Å². The maximum absolute atomic E-state index is 12.5. The van der Waals surface area contributed by atoms with Crippen molar-refractivity contribution >= 4 is 24.2 Å². The minimum atomic E-state index is -0.246. The third kappa shape index (κ3) is 4.69. The Morgan fingerprint density at radius 3 is 2.39 bits per heavy atom. The Labute approximate surface area is 144 Å². The van der Waals surface area contributed by atoms with E-state index in [9.17, 15) is 9.59 Å². The zero-order chi connectivity index (χ0) is 16.1. The molecule has 2 amide bonds. The van der Waals surface area contributed by atoms with Gasteiger partial charge in [0, 0.05) is 26.7 Å². The van der Waals surface area contributed by atoms with Crippen molar-refractivity contribution in [3.63, 3.8) is 0 Å². The van der Waals surface area contributed by atoms with Crippen LogP contribution in [-0.2, 0) is 22.6 Å². The first kappa shape index (κ1) is 19.5. The molecule has 2 rings (SSSR count). The molecule has 23 heavy (non-hydrogen) atoms. The fourth-order valence-corrected chi connectivity index (χ4v) is 2.85. The maximum Gasteiger partial charge on any atom is 0.242 e. The molecule has 1 atom stereocenters. The molecule has 128 valence electrons. The number of hydrogen-bond donors (Lipinski definition) is 1. The van der Waals surface area contributed by atoms with Crippen LogP contribution in [0.2, 0.25) is 0 Å². The van der Waals surface area contributed by atoms with Gasteiger partial charge in [-0.3, -0.25) is 9.59 Å². The van der Waals surface area contributed by atoms with Gasteiger partial charge < -0.3 is 15.1 Å². The van der Waals surface area contributed by atoms with Gasteiger partial charge in [-0.2, -0.15) is 0 Å². The van der Waals surface area contributed by atoms with E-state index in [-0.39, 0.29) is 36.8 Å². The summed E-state index contributed by atoms with van der Waals surface area (Å²) in [5.74, 6) is -0.0212. The molecule has 5 nitrogen and oxygen atoms in total. The Balaban J connectivity index is 0.00000264. The summed E-state index contributed by atoms with van der Waals surface area (Å²) in [6.45, 7) is 6.08. The van der Waals surface area contributed by atoms with Gasteiger partial charge in [-0.1, -0.05) is 24.3 Å². The standard InChI is InChI=1S/C17H25N3O2.ClH/c1-4-20(5-2)16(21)12-19(3)17(22)15-10-13-8-6-7-9-14(13)11-18-15;/h6-9,15,18H,4-5,10-12H2,1-3H3;1H. The number of hydrogen-bond acceptors (Lipinski definition) is 3. The molecule has 1 unspecified atom stereocenters. The van der Waals surface area contributed by atoms with E-state index in [1.54, 1.807) is 11.9 Å². The van der Waals surface area contributed by atoms with Gasteiger partial charge in [-0.05, 0) is 31.4 Å². The Morgan fingerprint density at radius 1 is 1.17 bits per heavy atom. The van der Waals surface area contributed by atoms with E-state index >= 15 is 0 Å². The lowest BCUT2D eigenvalue weighted by Crippen LogP contribution is -2.50. The molecule has 0 fully saturated rings. The van der Waals surface area contributed by atoms with Gasteiger partial charge in [-0.15, -0.1) is 12.4 Å². The van der Waals surface area contributed by atoms with Gasteiger partial charge in [0.1, 0.15) is 0 Å². The number of nitrogens with zero attached hydrogens (tertiary/aromatic N) is 2. The monoisotopic (exact) mass is 339 g/mol. The summed E-state index contributed by atoms with van der Waals surface area (Å²) < 4.78 is 0. The van der Waals surface area contributed by atoms with Crippen LogP contribution in [0.3, 0.4) is 0 Å². The number of benzene rings is 1. The summed E-state index contributed by atoms with van der Waals surface area (Å²) in [6, 6.07) is 7.91. The molecule has 1 N–H and O–H groups in total. The van der Waals surface area contributed by atoms with E-state index < -0.39 is 0 Å². The van der Waals surface area contributed by atoms with Crippen molar-refractivity contribution in [2.45, 2.75) is 32.9 Å². The smallest absolute Gasteiger partial charge is 0.242 e. The van der Waals surface area contributed by atoms with Gasteiger partial charge in [0.15, 0.2) is 0 Å². The lowest BCUT2D eigenvalue weighted by Gasteiger charge is -2.30. The van der Waals surface area contributed by atoms with Crippen LogP contribution in [0.25, 0.3) is 0 Å². The van der Waals surface area contributed by atoms with Gasteiger partial charge in [0.2, 0.25) is 11.8 Å². The highest BCUT2D eigenvalue weighted by molar-refractivity contribution is 5.87. The topological polar surface area (TPSA) is 52.7 Å². The minimum Gasteiger partial charge on any atom is -0.342 e. The predicted octanol–water partition coefficient (Wildman–Crippen LogP) is 1.45. The lowest BCUT2D eigenvalue weighted by molar-refractivity contribution is -0.140. The average molecular weight is 340 g/mol. The summed E-state index contributed by atoms with van der Waals surface area (Å²) >= 11 is 0. The molecule has 6 heteroatoms. The average Bonchev–Trinajstić information content (AvgIpc) is 2.54. The number of fused-ring (bicyclic) bond motifs is 1. The van der Waals surface area contributed by atoms with E-state index in [4.69, 9.17) is 0 Å². The van der Waals surface area contributed by atoms with Crippen LogP contribution in [-0.4, -0.2) is 54.3 Å². The van der Waals surface area contributed by atoms with Crippen molar-refractivity contribution in [3.8, 4) is 0 Å². The molecular weight excluding hydrogens is 314 g/mol. The number of carbonyl (C=O) groups excluding carboxylic acids is 2. The second-order valence-corrected chi connectivity index (χ2v) is 5.67. The van der Waals surface area contributed by atoms with Gasteiger partial charge in [0.25, 0.3) is 0 Å². The second kappa shape index (κ2) is 8.89. The fourth-order valence-electron chi connectivity index (χ4n) is 2.85. The van der Waals surface area contributed by atoms with E-state index in [0.717, 1.165) is 0 Å².